The van der Waals surface area contributed by atoms with Gasteiger partial charge in [0.15, 0.2) is 5.96 Å². The van der Waals surface area contributed by atoms with Crippen molar-refractivity contribution in [1.82, 2.24) is 20.4 Å². The van der Waals surface area contributed by atoms with E-state index in [2.05, 4.69) is 34.5 Å². The third kappa shape index (κ3) is 5.16. The topological polar surface area (TPSA) is 60.0 Å². The molecule has 1 atom stereocenters. The third-order valence-corrected chi connectivity index (χ3v) is 4.56. The van der Waals surface area contributed by atoms with Gasteiger partial charge in [0.05, 0.1) is 0 Å². The summed E-state index contributed by atoms with van der Waals surface area (Å²) in [7, 11) is 2.19. The van der Waals surface area contributed by atoms with Crippen LogP contribution in [0.4, 0.5) is 0 Å². The molecule has 1 aliphatic heterocycles. The summed E-state index contributed by atoms with van der Waals surface area (Å²) in [6.45, 7) is 7.93. The van der Waals surface area contributed by atoms with Crippen LogP contribution in [0.2, 0.25) is 0 Å². The van der Waals surface area contributed by atoms with Crippen molar-refractivity contribution in [1.29, 1.82) is 0 Å². The Hall–Kier alpha value is -1.30. The van der Waals surface area contributed by atoms with Gasteiger partial charge in [0.25, 0.3) is 0 Å². The number of hydrogen-bond acceptors (Lipinski definition) is 3. The molecule has 2 aliphatic rings. The number of amides is 1. The van der Waals surface area contributed by atoms with Crippen molar-refractivity contribution in [3.8, 4) is 0 Å². The predicted molar refractivity (Wildman–Crippen MR) is 90.0 cm³/mol. The summed E-state index contributed by atoms with van der Waals surface area (Å²) in [5, 5.41) is 6.57. The number of carbonyl (C=O) groups is 1. The molecule has 2 fully saturated rings. The first kappa shape index (κ1) is 17.1. The van der Waals surface area contributed by atoms with Gasteiger partial charge in [-0.25, -0.2) is 4.99 Å². The molecule has 1 aliphatic carbocycles. The average molecular weight is 309 g/mol. The lowest BCUT2D eigenvalue weighted by Crippen LogP contribution is -2.45. The molecule has 0 aromatic rings. The van der Waals surface area contributed by atoms with Gasteiger partial charge in [-0.1, -0.05) is 0 Å². The Labute approximate surface area is 134 Å². The molecule has 1 saturated carbocycles. The van der Waals surface area contributed by atoms with Crippen LogP contribution < -0.4 is 10.6 Å². The van der Waals surface area contributed by atoms with Gasteiger partial charge in [0.2, 0.25) is 5.91 Å². The number of likely N-dealkylation sites (tertiary alicyclic amines) is 1. The van der Waals surface area contributed by atoms with Gasteiger partial charge in [0, 0.05) is 38.3 Å². The van der Waals surface area contributed by atoms with Crippen LogP contribution in [0.15, 0.2) is 4.99 Å². The number of likely N-dealkylation sites (N-methyl/N-ethyl adjacent to an activating group) is 1. The highest BCUT2D eigenvalue weighted by molar-refractivity contribution is 5.85. The Morgan fingerprint density at radius 3 is 2.59 bits per heavy atom. The maximum absolute atomic E-state index is 12.1. The summed E-state index contributed by atoms with van der Waals surface area (Å²) in [5.41, 5.74) is 0. The number of carbonyl (C=O) groups excluding carboxylic acids is 1. The van der Waals surface area contributed by atoms with Crippen molar-refractivity contribution >= 4 is 11.9 Å². The Balaban J connectivity index is 1.77. The van der Waals surface area contributed by atoms with Crippen LogP contribution in [-0.2, 0) is 4.79 Å². The molecule has 6 heteroatoms. The highest BCUT2D eigenvalue weighted by atomic mass is 16.2. The van der Waals surface area contributed by atoms with Gasteiger partial charge in [-0.05, 0) is 46.6 Å². The van der Waals surface area contributed by atoms with Gasteiger partial charge in [-0.3, -0.25) is 9.69 Å². The Morgan fingerprint density at radius 2 is 2.00 bits per heavy atom. The van der Waals surface area contributed by atoms with Crippen molar-refractivity contribution in [3.05, 3.63) is 0 Å². The first-order chi connectivity index (χ1) is 10.6. The molecule has 2 N–H and O–H groups in total. The quantitative estimate of drug-likeness (QED) is 0.535. The molecule has 1 heterocycles. The molecule has 126 valence electrons. The SMILES string of the molecule is CCNC(=NCC(=O)N1CCCC1)NCC(C)N(C)C1CC1. The first-order valence-electron chi connectivity index (χ1n) is 8.63. The van der Waals surface area contributed by atoms with E-state index in [0.717, 1.165) is 51.0 Å². The van der Waals surface area contributed by atoms with Gasteiger partial charge >= 0.3 is 0 Å². The largest absolute Gasteiger partial charge is 0.357 e. The zero-order chi connectivity index (χ0) is 15.9. The summed E-state index contributed by atoms with van der Waals surface area (Å²) in [4.78, 5) is 20.8. The number of guanidine groups is 1. The third-order valence-electron chi connectivity index (χ3n) is 4.56. The summed E-state index contributed by atoms with van der Waals surface area (Å²) >= 11 is 0. The van der Waals surface area contributed by atoms with Crippen molar-refractivity contribution < 1.29 is 4.79 Å². The second kappa shape index (κ2) is 8.36. The fourth-order valence-corrected chi connectivity index (χ4v) is 2.79. The first-order valence-corrected chi connectivity index (χ1v) is 8.63. The van der Waals surface area contributed by atoms with E-state index in [-0.39, 0.29) is 12.5 Å². The van der Waals surface area contributed by atoms with E-state index in [4.69, 9.17) is 0 Å². The van der Waals surface area contributed by atoms with Gasteiger partial charge in [-0.15, -0.1) is 0 Å². The van der Waals surface area contributed by atoms with Crippen LogP contribution in [0.5, 0.6) is 0 Å². The highest BCUT2D eigenvalue weighted by Gasteiger charge is 2.29. The number of rotatable bonds is 7. The molecule has 0 bridgehead atoms. The minimum Gasteiger partial charge on any atom is -0.357 e. The Kier molecular flexibility index (Phi) is 6.49. The van der Waals surface area contributed by atoms with E-state index < -0.39 is 0 Å². The Bertz CT molecular complexity index is 388. The molecule has 0 aromatic carbocycles. The van der Waals surface area contributed by atoms with Crippen LogP contribution in [0, 0.1) is 0 Å². The maximum Gasteiger partial charge on any atom is 0.244 e. The van der Waals surface area contributed by atoms with Crippen LogP contribution in [0.3, 0.4) is 0 Å². The van der Waals surface area contributed by atoms with E-state index in [9.17, 15) is 4.79 Å². The molecule has 1 unspecified atom stereocenters. The monoisotopic (exact) mass is 309 g/mol. The minimum atomic E-state index is 0.137. The molecule has 0 radical (unpaired) electrons. The minimum absolute atomic E-state index is 0.137. The van der Waals surface area contributed by atoms with Crippen molar-refractivity contribution in [3.63, 3.8) is 0 Å². The van der Waals surface area contributed by atoms with E-state index in [0.29, 0.717) is 6.04 Å². The number of nitrogens with one attached hydrogen (secondary N) is 2. The van der Waals surface area contributed by atoms with Crippen LogP contribution in [0.1, 0.15) is 39.5 Å². The van der Waals surface area contributed by atoms with Crippen LogP contribution >= 0.6 is 0 Å². The zero-order valence-corrected chi connectivity index (χ0v) is 14.3. The lowest BCUT2D eigenvalue weighted by molar-refractivity contribution is -0.128. The van der Waals surface area contributed by atoms with Crippen LogP contribution in [-0.4, -0.2) is 73.5 Å². The lowest BCUT2D eigenvalue weighted by Gasteiger charge is -2.25. The van der Waals surface area contributed by atoms with Crippen molar-refractivity contribution in [2.45, 2.75) is 51.6 Å². The highest BCUT2D eigenvalue weighted by Crippen LogP contribution is 2.26. The molecule has 1 amide bonds. The molecule has 22 heavy (non-hydrogen) atoms. The molecule has 6 nitrogen and oxygen atoms in total. The zero-order valence-electron chi connectivity index (χ0n) is 14.3. The standard InChI is InChI=1S/C16H31N5O/c1-4-17-16(18-11-13(2)20(3)14-7-8-14)19-12-15(22)21-9-5-6-10-21/h13-14H,4-12H2,1-3H3,(H2,17,18,19). The number of hydrogen-bond donors (Lipinski definition) is 2. The van der Waals surface area contributed by atoms with Gasteiger partial charge in [-0.2, -0.15) is 0 Å². The fourth-order valence-electron chi connectivity index (χ4n) is 2.79. The Morgan fingerprint density at radius 1 is 1.32 bits per heavy atom. The lowest BCUT2D eigenvalue weighted by atomic mass is 10.3. The van der Waals surface area contributed by atoms with E-state index in [1.807, 2.05) is 11.8 Å². The summed E-state index contributed by atoms with van der Waals surface area (Å²) in [5.74, 6) is 0.879. The van der Waals surface area contributed by atoms with Gasteiger partial charge < -0.3 is 15.5 Å². The number of nitrogens with zero attached hydrogens (tertiary/aromatic N) is 3. The van der Waals surface area contributed by atoms with E-state index >= 15 is 0 Å². The maximum atomic E-state index is 12.1. The second-order valence-electron chi connectivity index (χ2n) is 6.41. The van der Waals surface area contributed by atoms with Gasteiger partial charge in [0.1, 0.15) is 6.54 Å². The van der Waals surface area contributed by atoms with E-state index in [1.165, 1.54) is 12.8 Å². The summed E-state index contributed by atoms with van der Waals surface area (Å²) < 4.78 is 0. The average Bonchev–Trinajstić information content (AvgIpc) is 3.22. The molecule has 0 spiro atoms. The second-order valence-corrected chi connectivity index (χ2v) is 6.41. The summed E-state index contributed by atoms with van der Waals surface area (Å²) in [6.07, 6.45) is 4.89. The molecule has 1 saturated heterocycles. The molecular formula is C16H31N5O. The van der Waals surface area contributed by atoms with Crippen molar-refractivity contribution in [2.75, 3.05) is 39.8 Å². The van der Waals surface area contributed by atoms with E-state index in [1.54, 1.807) is 0 Å². The molecule has 2 rings (SSSR count). The number of aliphatic imine (C=N–C) groups is 1. The fraction of sp³-hybridized carbons (Fsp3) is 0.875. The molecular weight excluding hydrogens is 278 g/mol. The van der Waals surface area contributed by atoms with Crippen molar-refractivity contribution in [2.24, 2.45) is 4.99 Å². The van der Waals surface area contributed by atoms with Crippen LogP contribution in [0.25, 0.3) is 0 Å². The summed E-state index contributed by atoms with van der Waals surface area (Å²) in [6, 6.07) is 1.22. The normalized spacial score (nSPS) is 20.4. The molecule has 0 aromatic heterocycles. The smallest absolute Gasteiger partial charge is 0.244 e. The predicted octanol–water partition coefficient (Wildman–Crippen LogP) is 0.647.